The number of likely N-dealkylation sites (N-methyl/N-ethyl adjacent to an activating group) is 1. The third kappa shape index (κ3) is 3.16. The van der Waals surface area contributed by atoms with E-state index in [-0.39, 0.29) is 5.82 Å². The Morgan fingerprint density at radius 1 is 1.44 bits per heavy atom. The molecule has 0 aromatic carbocycles. The molecule has 1 unspecified atom stereocenters. The van der Waals surface area contributed by atoms with Crippen molar-refractivity contribution in [1.29, 1.82) is 0 Å². The molecule has 1 atom stereocenters. The van der Waals surface area contributed by atoms with Crippen molar-refractivity contribution in [2.75, 3.05) is 24.5 Å². The fourth-order valence-electron chi connectivity index (χ4n) is 2.35. The number of anilines is 1. The molecule has 18 heavy (non-hydrogen) atoms. The van der Waals surface area contributed by atoms with E-state index < -0.39 is 11.6 Å². The molecule has 1 saturated heterocycles. The van der Waals surface area contributed by atoms with E-state index >= 15 is 0 Å². The Morgan fingerprint density at radius 2 is 2.28 bits per heavy atom. The van der Waals surface area contributed by atoms with Crippen LogP contribution < -0.4 is 10.2 Å². The number of halogens is 2. The Bertz CT molecular complexity index is 392. The Hall–Kier alpha value is -1.23. The molecule has 2 heterocycles. The summed E-state index contributed by atoms with van der Waals surface area (Å²) in [6.45, 7) is 4.34. The molecule has 1 fully saturated rings. The maximum Gasteiger partial charge on any atom is 0.168 e. The lowest BCUT2D eigenvalue weighted by molar-refractivity contribution is 0.398. The van der Waals surface area contributed by atoms with E-state index in [1.54, 1.807) is 0 Å². The maximum atomic E-state index is 13.7. The van der Waals surface area contributed by atoms with Crippen molar-refractivity contribution in [3.8, 4) is 0 Å². The molecule has 3 nitrogen and oxygen atoms in total. The monoisotopic (exact) mass is 255 g/mol. The highest BCUT2D eigenvalue weighted by Crippen LogP contribution is 2.18. The highest BCUT2D eigenvalue weighted by Gasteiger charge is 2.19. The molecule has 1 aromatic rings. The summed E-state index contributed by atoms with van der Waals surface area (Å²) in [7, 11) is 0. The van der Waals surface area contributed by atoms with Gasteiger partial charge in [-0.3, -0.25) is 0 Å². The van der Waals surface area contributed by atoms with Gasteiger partial charge in [0.05, 0.1) is 6.20 Å². The minimum Gasteiger partial charge on any atom is -0.353 e. The van der Waals surface area contributed by atoms with E-state index in [1.165, 1.54) is 12.8 Å². The van der Waals surface area contributed by atoms with Crippen LogP contribution in [0.25, 0.3) is 0 Å². The van der Waals surface area contributed by atoms with Crippen molar-refractivity contribution in [1.82, 2.24) is 10.3 Å². The summed E-state index contributed by atoms with van der Waals surface area (Å²) in [5.74, 6) is -0.984. The average Bonchev–Trinajstić information content (AvgIpc) is 2.38. The van der Waals surface area contributed by atoms with Crippen molar-refractivity contribution in [3.63, 3.8) is 0 Å². The van der Waals surface area contributed by atoms with Gasteiger partial charge in [-0.05, 0) is 26.3 Å². The van der Waals surface area contributed by atoms with Crippen molar-refractivity contribution in [3.05, 3.63) is 23.9 Å². The summed E-state index contributed by atoms with van der Waals surface area (Å²) in [6, 6.07) is 1.25. The van der Waals surface area contributed by atoms with Gasteiger partial charge in [-0.15, -0.1) is 0 Å². The van der Waals surface area contributed by atoms with Gasteiger partial charge in [0.2, 0.25) is 0 Å². The molecule has 0 aliphatic carbocycles. The molecular formula is C13H19F2N3. The summed E-state index contributed by atoms with van der Waals surface area (Å²) in [5, 5.41) is 3.42. The molecule has 0 saturated carbocycles. The molecule has 100 valence electrons. The molecule has 0 amide bonds. The van der Waals surface area contributed by atoms with E-state index in [9.17, 15) is 8.78 Å². The van der Waals surface area contributed by atoms with Gasteiger partial charge in [0.25, 0.3) is 0 Å². The fourth-order valence-corrected chi connectivity index (χ4v) is 2.35. The second-order valence-corrected chi connectivity index (χ2v) is 4.64. The first-order valence-corrected chi connectivity index (χ1v) is 6.50. The lowest BCUT2D eigenvalue weighted by atomic mass is 10.0. The molecule has 2 rings (SSSR count). The van der Waals surface area contributed by atoms with Crippen LogP contribution >= 0.6 is 0 Å². The Morgan fingerprint density at radius 3 is 2.89 bits per heavy atom. The molecule has 1 aliphatic heterocycles. The largest absolute Gasteiger partial charge is 0.353 e. The van der Waals surface area contributed by atoms with Crippen LogP contribution in [0.2, 0.25) is 0 Å². The van der Waals surface area contributed by atoms with Gasteiger partial charge >= 0.3 is 0 Å². The zero-order chi connectivity index (χ0) is 13.0. The molecule has 1 N–H and O–H groups in total. The zero-order valence-electron chi connectivity index (χ0n) is 10.6. The highest BCUT2D eigenvalue weighted by atomic mass is 19.1. The van der Waals surface area contributed by atoms with Crippen LogP contribution in [0.3, 0.4) is 0 Å². The average molecular weight is 255 g/mol. The van der Waals surface area contributed by atoms with Crippen LogP contribution in [0.1, 0.15) is 26.2 Å². The summed E-state index contributed by atoms with van der Waals surface area (Å²) in [5.41, 5.74) is 0. The minimum absolute atomic E-state index is 0.242. The summed E-state index contributed by atoms with van der Waals surface area (Å²) < 4.78 is 26.5. The quantitative estimate of drug-likeness (QED) is 0.895. The number of nitrogens with one attached hydrogen (secondary N) is 1. The standard InChI is InChI=1S/C13H19F2N3/c1-2-18(9-11-5-3-4-6-16-11)13-12(15)7-10(14)8-17-13/h7-8,11,16H,2-6,9H2,1H3. The van der Waals surface area contributed by atoms with Gasteiger partial charge in [-0.25, -0.2) is 13.8 Å². The van der Waals surface area contributed by atoms with E-state index in [4.69, 9.17) is 0 Å². The predicted molar refractivity (Wildman–Crippen MR) is 67.7 cm³/mol. The molecule has 0 bridgehead atoms. The van der Waals surface area contributed by atoms with E-state index in [2.05, 4.69) is 10.3 Å². The van der Waals surface area contributed by atoms with E-state index in [0.717, 1.165) is 25.2 Å². The van der Waals surface area contributed by atoms with E-state index in [1.807, 2.05) is 11.8 Å². The molecule has 1 aliphatic rings. The number of aromatic nitrogens is 1. The summed E-state index contributed by atoms with van der Waals surface area (Å²) >= 11 is 0. The van der Waals surface area contributed by atoms with Gasteiger partial charge in [-0.2, -0.15) is 0 Å². The predicted octanol–water partition coefficient (Wildman–Crippen LogP) is 2.33. The van der Waals surface area contributed by atoms with Crippen LogP contribution in [0.5, 0.6) is 0 Å². The number of pyridine rings is 1. The Labute approximate surface area is 106 Å². The van der Waals surface area contributed by atoms with Crippen molar-refractivity contribution < 1.29 is 8.78 Å². The summed E-state index contributed by atoms with van der Waals surface area (Å²) in [6.07, 6.45) is 4.56. The number of nitrogens with zero attached hydrogens (tertiary/aromatic N) is 2. The molecular weight excluding hydrogens is 236 g/mol. The first-order valence-electron chi connectivity index (χ1n) is 6.50. The van der Waals surface area contributed by atoms with Crippen molar-refractivity contribution in [2.24, 2.45) is 0 Å². The second kappa shape index (κ2) is 6.09. The third-order valence-corrected chi connectivity index (χ3v) is 3.32. The number of hydrogen-bond acceptors (Lipinski definition) is 3. The molecule has 5 heteroatoms. The van der Waals surface area contributed by atoms with E-state index in [0.29, 0.717) is 19.1 Å². The minimum atomic E-state index is -0.636. The van der Waals surface area contributed by atoms with Crippen molar-refractivity contribution in [2.45, 2.75) is 32.2 Å². The van der Waals surface area contributed by atoms with Gasteiger partial charge in [0.15, 0.2) is 11.6 Å². The lowest BCUT2D eigenvalue weighted by Gasteiger charge is -2.30. The topological polar surface area (TPSA) is 28.2 Å². The first kappa shape index (κ1) is 13.2. The highest BCUT2D eigenvalue weighted by molar-refractivity contribution is 5.39. The van der Waals surface area contributed by atoms with Crippen LogP contribution in [0.15, 0.2) is 12.3 Å². The Kier molecular flexibility index (Phi) is 4.47. The van der Waals surface area contributed by atoms with Crippen LogP contribution in [0.4, 0.5) is 14.6 Å². The second-order valence-electron chi connectivity index (χ2n) is 4.64. The maximum absolute atomic E-state index is 13.7. The zero-order valence-corrected chi connectivity index (χ0v) is 10.6. The Balaban J connectivity index is 2.07. The van der Waals surface area contributed by atoms with Crippen LogP contribution in [0, 0.1) is 11.6 Å². The molecule has 0 radical (unpaired) electrons. The number of piperidine rings is 1. The van der Waals surface area contributed by atoms with Gasteiger partial charge in [0, 0.05) is 25.2 Å². The van der Waals surface area contributed by atoms with Crippen LogP contribution in [-0.2, 0) is 0 Å². The SMILES string of the molecule is CCN(CC1CCCCN1)c1ncc(F)cc1F. The molecule has 1 aromatic heterocycles. The van der Waals surface area contributed by atoms with Gasteiger partial charge < -0.3 is 10.2 Å². The number of rotatable bonds is 4. The third-order valence-electron chi connectivity index (χ3n) is 3.32. The summed E-state index contributed by atoms with van der Waals surface area (Å²) in [4.78, 5) is 5.72. The smallest absolute Gasteiger partial charge is 0.168 e. The lowest BCUT2D eigenvalue weighted by Crippen LogP contribution is -2.44. The molecule has 0 spiro atoms. The number of hydrogen-bond donors (Lipinski definition) is 1. The first-order chi connectivity index (χ1) is 8.70. The van der Waals surface area contributed by atoms with Gasteiger partial charge in [-0.1, -0.05) is 6.42 Å². The normalized spacial score (nSPS) is 19.8. The van der Waals surface area contributed by atoms with Gasteiger partial charge in [0.1, 0.15) is 5.82 Å². The van der Waals surface area contributed by atoms with Crippen LogP contribution in [-0.4, -0.2) is 30.7 Å². The fraction of sp³-hybridized carbons (Fsp3) is 0.615. The van der Waals surface area contributed by atoms with Crippen molar-refractivity contribution >= 4 is 5.82 Å².